The standard InChI is InChI=1S/C13H20ClN5O/c1-4-19-13-12(9(2)17-19)16-11(5-6-14)18(13)8-7-15-10(3)20/h4-8H2,1-3H3,(H,15,20). The quantitative estimate of drug-likeness (QED) is 0.821. The largest absolute Gasteiger partial charge is 0.355 e. The van der Waals surface area contributed by atoms with Crippen LogP contribution in [-0.4, -0.2) is 37.7 Å². The summed E-state index contributed by atoms with van der Waals surface area (Å²) in [5, 5.41) is 7.30. The molecule has 1 N–H and O–H groups in total. The second kappa shape index (κ2) is 6.26. The predicted molar refractivity (Wildman–Crippen MR) is 79.0 cm³/mol. The van der Waals surface area contributed by atoms with Crippen LogP contribution in [0.5, 0.6) is 0 Å². The molecule has 0 aromatic carbocycles. The molecule has 1 amide bonds. The summed E-state index contributed by atoms with van der Waals surface area (Å²) in [7, 11) is 0. The van der Waals surface area contributed by atoms with Gasteiger partial charge in [0, 0.05) is 38.9 Å². The molecule has 0 unspecified atom stereocenters. The van der Waals surface area contributed by atoms with Gasteiger partial charge in [-0.2, -0.15) is 5.10 Å². The Bertz CT molecular complexity index is 616. The summed E-state index contributed by atoms with van der Waals surface area (Å²) in [6, 6.07) is 0. The highest BCUT2D eigenvalue weighted by Crippen LogP contribution is 2.20. The van der Waals surface area contributed by atoms with Gasteiger partial charge in [0.2, 0.25) is 5.91 Å². The number of aromatic nitrogens is 4. The van der Waals surface area contributed by atoms with Gasteiger partial charge in [-0.15, -0.1) is 11.6 Å². The number of carbonyl (C=O) groups excluding carboxylic acids is 1. The first-order valence-electron chi connectivity index (χ1n) is 6.81. The molecule has 20 heavy (non-hydrogen) atoms. The van der Waals surface area contributed by atoms with Gasteiger partial charge in [0.1, 0.15) is 11.3 Å². The van der Waals surface area contributed by atoms with E-state index in [0.717, 1.165) is 29.2 Å². The van der Waals surface area contributed by atoms with Crippen molar-refractivity contribution >= 4 is 28.7 Å². The van der Waals surface area contributed by atoms with E-state index in [4.69, 9.17) is 11.6 Å². The van der Waals surface area contributed by atoms with E-state index in [0.29, 0.717) is 25.4 Å². The molecule has 2 aromatic rings. The molecular formula is C13H20ClN5O. The van der Waals surface area contributed by atoms with Crippen molar-refractivity contribution in [2.45, 2.75) is 40.3 Å². The fourth-order valence-electron chi connectivity index (χ4n) is 2.34. The first-order chi connectivity index (χ1) is 9.58. The van der Waals surface area contributed by atoms with Crippen LogP contribution in [0.25, 0.3) is 11.2 Å². The van der Waals surface area contributed by atoms with Crippen molar-refractivity contribution in [3.8, 4) is 0 Å². The van der Waals surface area contributed by atoms with E-state index in [-0.39, 0.29) is 5.91 Å². The Morgan fingerprint density at radius 1 is 1.45 bits per heavy atom. The molecule has 0 atom stereocenters. The Hall–Kier alpha value is -1.56. The second-order valence-corrected chi connectivity index (χ2v) is 5.05. The number of alkyl halides is 1. The van der Waals surface area contributed by atoms with Gasteiger partial charge in [0.05, 0.1) is 5.69 Å². The lowest BCUT2D eigenvalue weighted by molar-refractivity contribution is -0.118. The Balaban J connectivity index is 2.40. The molecule has 110 valence electrons. The van der Waals surface area contributed by atoms with Crippen LogP contribution in [0.2, 0.25) is 0 Å². The summed E-state index contributed by atoms with van der Waals surface area (Å²) in [5.41, 5.74) is 2.86. The van der Waals surface area contributed by atoms with E-state index >= 15 is 0 Å². The van der Waals surface area contributed by atoms with E-state index in [2.05, 4.69) is 26.9 Å². The summed E-state index contributed by atoms with van der Waals surface area (Å²) in [6.45, 7) is 7.57. The Morgan fingerprint density at radius 2 is 2.20 bits per heavy atom. The van der Waals surface area contributed by atoms with Crippen LogP contribution in [0.15, 0.2) is 0 Å². The number of nitrogens with zero attached hydrogens (tertiary/aromatic N) is 4. The van der Waals surface area contributed by atoms with Crippen LogP contribution in [-0.2, 0) is 24.3 Å². The van der Waals surface area contributed by atoms with Gasteiger partial charge in [-0.05, 0) is 13.8 Å². The van der Waals surface area contributed by atoms with Crippen LogP contribution in [0.4, 0.5) is 0 Å². The average Bonchev–Trinajstić information content (AvgIpc) is 2.89. The summed E-state index contributed by atoms with van der Waals surface area (Å²) >= 11 is 5.86. The van der Waals surface area contributed by atoms with Crippen LogP contribution in [0.1, 0.15) is 25.4 Å². The lowest BCUT2D eigenvalue weighted by Crippen LogP contribution is -2.25. The van der Waals surface area contributed by atoms with Gasteiger partial charge in [-0.1, -0.05) is 0 Å². The third kappa shape index (κ3) is 2.80. The number of halogens is 1. The monoisotopic (exact) mass is 297 g/mol. The van der Waals surface area contributed by atoms with Gasteiger partial charge in [-0.25, -0.2) is 9.67 Å². The van der Waals surface area contributed by atoms with Crippen molar-refractivity contribution in [3.05, 3.63) is 11.5 Å². The summed E-state index contributed by atoms with van der Waals surface area (Å²) in [4.78, 5) is 15.6. The van der Waals surface area contributed by atoms with Crippen LogP contribution < -0.4 is 5.32 Å². The smallest absolute Gasteiger partial charge is 0.216 e. The second-order valence-electron chi connectivity index (χ2n) is 4.68. The lowest BCUT2D eigenvalue weighted by Gasteiger charge is -2.10. The van der Waals surface area contributed by atoms with E-state index in [1.165, 1.54) is 6.92 Å². The Morgan fingerprint density at radius 3 is 2.80 bits per heavy atom. The highest BCUT2D eigenvalue weighted by molar-refractivity contribution is 6.17. The van der Waals surface area contributed by atoms with E-state index in [1.807, 2.05) is 11.6 Å². The maximum absolute atomic E-state index is 11.0. The zero-order chi connectivity index (χ0) is 14.7. The molecule has 0 aliphatic heterocycles. The van der Waals surface area contributed by atoms with Crippen molar-refractivity contribution in [2.24, 2.45) is 0 Å². The molecule has 2 aromatic heterocycles. The van der Waals surface area contributed by atoms with Crippen molar-refractivity contribution in [2.75, 3.05) is 12.4 Å². The van der Waals surface area contributed by atoms with Crippen molar-refractivity contribution in [1.82, 2.24) is 24.6 Å². The predicted octanol–water partition coefficient (Wildman–Crippen LogP) is 1.48. The molecule has 0 saturated carbocycles. The molecule has 2 heterocycles. The molecule has 0 saturated heterocycles. The number of amides is 1. The zero-order valence-electron chi connectivity index (χ0n) is 12.1. The van der Waals surface area contributed by atoms with Gasteiger partial charge in [0.25, 0.3) is 0 Å². The molecule has 6 nitrogen and oxygen atoms in total. The maximum Gasteiger partial charge on any atom is 0.216 e. The molecule has 0 aliphatic rings. The van der Waals surface area contributed by atoms with Gasteiger partial charge < -0.3 is 9.88 Å². The van der Waals surface area contributed by atoms with Gasteiger partial charge in [-0.3, -0.25) is 4.79 Å². The summed E-state index contributed by atoms with van der Waals surface area (Å²) in [5.74, 6) is 1.45. The number of hydrogen-bond donors (Lipinski definition) is 1. The summed E-state index contributed by atoms with van der Waals surface area (Å²) < 4.78 is 4.06. The molecular weight excluding hydrogens is 278 g/mol. The third-order valence-electron chi connectivity index (χ3n) is 3.20. The number of fused-ring (bicyclic) bond motifs is 1. The van der Waals surface area contributed by atoms with Crippen molar-refractivity contribution in [3.63, 3.8) is 0 Å². The molecule has 0 fully saturated rings. The van der Waals surface area contributed by atoms with Crippen LogP contribution in [0, 0.1) is 6.92 Å². The minimum absolute atomic E-state index is 0.0274. The Kier molecular flexibility index (Phi) is 4.65. The van der Waals surface area contributed by atoms with Gasteiger partial charge >= 0.3 is 0 Å². The number of aryl methyl sites for hydroxylation is 3. The number of hydrogen-bond acceptors (Lipinski definition) is 3. The molecule has 0 radical (unpaired) electrons. The van der Waals surface area contributed by atoms with Gasteiger partial charge in [0.15, 0.2) is 5.65 Å². The van der Waals surface area contributed by atoms with E-state index < -0.39 is 0 Å². The Labute approximate surface area is 123 Å². The number of rotatable bonds is 6. The normalized spacial score (nSPS) is 11.2. The molecule has 7 heteroatoms. The number of carbonyl (C=O) groups is 1. The topological polar surface area (TPSA) is 64.7 Å². The SMILES string of the molecule is CCn1nc(C)c2nc(CCCl)n(CCNC(C)=O)c21. The lowest BCUT2D eigenvalue weighted by atomic mass is 10.4. The maximum atomic E-state index is 11.0. The first-order valence-corrected chi connectivity index (χ1v) is 7.34. The molecule has 0 spiro atoms. The van der Waals surface area contributed by atoms with Crippen LogP contribution >= 0.6 is 11.6 Å². The number of imidazole rings is 1. The minimum atomic E-state index is -0.0274. The van der Waals surface area contributed by atoms with Crippen molar-refractivity contribution < 1.29 is 4.79 Å². The highest BCUT2D eigenvalue weighted by atomic mass is 35.5. The average molecular weight is 298 g/mol. The summed E-state index contributed by atoms with van der Waals surface area (Å²) in [6.07, 6.45) is 0.708. The molecule has 0 bridgehead atoms. The third-order valence-corrected chi connectivity index (χ3v) is 3.39. The van der Waals surface area contributed by atoms with E-state index in [1.54, 1.807) is 0 Å². The number of nitrogens with one attached hydrogen (secondary N) is 1. The first kappa shape index (κ1) is 14.8. The fourth-order valence-corrected chi connectivity index (χ4v) is 2.51. The molecule has 2 rings (SSSR count). The zero-order valence-corrected chi connectivity index (χ0v) is 12.9. The molecule has 0 aliphatic carbocycles. The minimum Gasteiger partial charge on any atom is -0.355 e. The van der Waals surface area contributed by atoms with E-state index in [9.17, 15) is 4.79 Å². The van der Waals surface area contributed by atoms with Crippen LogP contribution in [0.3, 0.4) is 0 Å². The highest BCUT2D eigenvalue weighted by Gasteiger charge is 2.17. The fraction of sp³-hybridized carbons (Fsp3) is 0.615. The van der Waals surface area contributed by atoms with Crippen molar-refractivity contribution in [1.29, 1.82) is 0 Å².